The summed E-state index contributed by atoms with van der Waals surface area (Å²) in [6.45, 7) is 4.27. The van der Waals surface area contributed by atoms with Crippen LogP contribution in [0, 0.1) is 0 Å². The summed E-state index contributed by atoms with van der Waals surface area (Å²) in [6.07, 6.45) is -0.330. The number of amides is 1. The van der Waals surface area contributed by atoms with Gasteiger partial charge in [-0.25, -0.2) is 9.59 Å². The second-order valence-electron chi connectivity index (χ2n) is 8.49. The highest BCUT2D eigenvalue weighted by Crippen LogP contribution is 2.32. The summed E-state index contributed by atoms with van der Waals surface area (Å²) >= 11 is 0. The first kappa shape index (κ1) is 24.8. The minimum Gasteiger partial charge on any atom is -0.464 e. The highest BCUT2D eigenvalue weighted by Gasteiger charge is 2.50. The molecule has 3 aromatic rings. The number of rotatable bonds is 7. The SMILES string of the molecule is CCOC(=O)C(Cc1ccc2c(c1)C(=O)c1cc3ccccc3cc1C2=O)(NC(C)=O)C(=O)OCC. The standard InChI is InChI=1S/C28H25NO7/c1-4-35-26(33)28(29-16(3)30,27(34)36-5-2)15-17-10-11-20-21(12-17)25(32)23-14-19-9-7-6-8-18(19)13-22(23)24(20)31/h6-14H,4-5,15H2,1-3H3,(H,29,30). The van der Waals surface area contributed by atoms with Crippen molar-refractivity contribution in [2.45, 2.75) is 32.7 Å². The topological polar surface area (TPSA) is 116 Å². The van der Waals surface area contributed by atoms with E-state index in [0.29, 0.717) is 11.1 Å². The maximum Gasteiger partial charge on any atom is 0.344 e. The molecule has 4 rings (SSSR count). The van der Waals surface area contributed by atoms with Crippen molar-refractivity contribution in [2.75, 3.05) is 13.2 Å². The molecule has 0 saturated carbocycles. The van der Waals surface area contributed by atoms with Crippen LogP contribution in [0.25, 0.3) is 10.8 Å². The molecule has 0 unspecified atom stereocenters. The monoisotopic (exact) mass is 487 g/mol. The molecule has 0 bridgehead atoms. The van der Waals surface area contributed by atoms with Gasteiger partial charge >= 0.3 is 11.9 Å². The maximum absolute atomic E-state index is 13.5. The lowest BCUT2D eigenvalue weighted by molar-refractivity contribution is -0.168. The molecule has 1 aliphatic carbocycles. The van der Waals surface area contributed by atoms with Crippen LogP contribution in [0.15, 0.2) is 54.6 Å². The molecular formula is C28H25NO7. The van der Waals surface area contributed by atoms with E-state index in [2.05, 4.69) is 5.32 Å². The zero-order valence-corrected chi connectivity index (χ0v) is 20.2. The van der Waals surface area contributed by atoms with Gasteiger partial charge in [-0.2, -0.15) is 0 Å². The minimum absolute atomic E-state index is 0.0263. The Morgan fingerprint density at radius 2 is 1.25 bits per heavy atom. The molecule has 184 valence electrons. The van der Waals surface area contributed by atoms with Gasteiger partial charge in [-0.05, 0) is 48.4 Å². The van der Waals surface area contributed by atoms with E-state index in [1.165, 1.54) is 19.1 Å². The number of ketones is 2. The second kappa shape index (κ2) is 9.73. The van der Waals surface area contributed by atoms with Crippen molar-refractivity contribution in [3.8, 4) is 0 Å². The van der Waals surface area contributed by atoms with Gasteiger partial charge in [0.2, 0.25) is 11.4 Å². The van der Waals surface area contributed by atoms with E-state index in [0.717, 1.165) is 10.8 Å². The van der Waals surface area contributed by atoms with Crippen LogP contribution in [0.1, 0.15) is 58.2 Å². The predicted octanol–water partition coefficient (Wildman–Crippen LogP) is 3.16. The summed E-state index contributed by atoms with van der Waals surface area (Å²) in [5.41, 5.74) is -0.790. The number of benzene rings is 3. The molecule has 0 aliphatic heterocycles. The Morgan fingerprint density at radius 1 is 0.750 bits per heavy atom. The summed E-state index contributed by atoms with van der Waals surface area (Å²) in [5.74, 6) is -3.22. The van der Waals surface area contributed by atoms with Crippen molar-refractivity contribution < 1.29 is 33.4 Å². The molecule has 8 nitrogen and oxygen atoms in total. The number of hydrogen-bond donors (Lipinski definition) is 1. The zero-order valence-electron chi connectivity index (χ0n) is 20.2. The normalized spacial score (nSPS) is 12.5. The van der Waals surface area contributed by atoms with Crippen LogP contribution in [-0.4, -0.2) is 48.2 Å². The number of carbonyl (C=O) groups is 5. The summed E-state index contributed by atoms with van der Waals surface area (Å²) in [7, 11) is 0. The summed E-state index contributed by atoms with van der Waals surface area (Å²) < 4.78 is 10.2. The van der Waals surface area contributed by atoms with Crippen molar-refractivity contribution >= 4 is 40.2 Å². The van der Waals surface area contributed by atoms with E-state index in [9.17, 15) is 24.0 Å². The Hall–Kier alpha value is -4.33. The number of fused-ring (bicyclic) bond motifs is 3. The molecule has 0 spiro atoms. The molecular weight excluding hydrogens is 462 g/mol. The lowest BCUT2D eigenvalue weighted by atomic mass is 9.80. The van der Waals surface area contributed by atoms with Crippen molar-refractivity contribution in [3.05, 3.63) is 82.4 Å². The molecule has 0 heterocycles. The van der Waals surface area contributed by atoms with Crippen LogP contribution in [0.4, 0.5) is 0 Å². The van der Waals surface area contributed by atoms with E-state index in [1.807, 2.05) is 24.3 Å². The van der Waals surface area contributed by atoms with Crippen molar-refractivity contribution in [3.63, 3.8) is 0 Å². The summed E-state index contributed by atoms with van der Waals surface area (Å²) in [5, 5.41) is 4.08. The third-order valence-corrected chi connectivity index (χ3v) is 6.05. The van der Waals surface area contributed by atoms with E-state index in [-0.39, 0.29) is 47.9 Å². The van der Waals surface area contributed by atoms with Gasteiger partial charge < -0.3 is 14.8 Å². The molecule has 0 saturated heterocycles. The first-order chi connectivity index (χ1) is 17.2. The number of ether oxygens (including phenoxy) is 2. The minimum atomic E-state index is -2.15. The second-order valence-corrected chi connectivity index (χ2v) is 8.49. The quantitative estimate of drug-likeness (QED) is 0.314. The molecule has 0 aromatic heterocycles. The molecule has 36 heavy (non-hydrogen) atoms. The fourth-order valence-corrected chi connectivity index (χ4v) is 4.48. The smallest absolute Gasteiger partial charge is 0.344 e. The Labute approximate surface area is 207 Å². The Balaban J connectivity index is 1.80. The van der Waals surface area contributed by atoms with Gasteiger partial charge in [0, 0.05) is 35.6 Å². The molecule has 8 heteroatoms. The summed E-state index contributed by atoms with van der Waals surface area (Å²) in [6, 6.07) is 15.4. The molecule has 1 amide bonds. The third-order valence-electron chi connectivity index (χ3n) is 6.05. The molecule has 1 N–H and O–H groups in total. The molecule has 0 atom stereocenters. The van der Waals surface area contributed by atoms with Gasteiger partial charge in [-0.15, -0.1) is 0 Å². The Kier molecular flexibility index (Phi) is 6.70. The zero-order chi connectivity index (χ0) is 26.0. The highest BCUT2D eigenvalue weighted by atomic mass is 16.6. The Morgan fingerprint density at radius 3 is 1.75 bits per heavy atom. The van der Waals surface area contributed by atoms with E-state index in [4.69, 9.17) is 9.47 Å². The first-order valence-electron chi connectivity index (χ1n) is 11.6. The maximum atomic E-state index is 13.5. The fourth-order valence-electron chi connectivity index (χ4n) is 4.48. The molecule has 1 aliphatic rings. The molecule has 0 radical (unpaired) electrons. The largest absolute Gasteiger partial charge is 0.464 e. The lowest BCUT2D eigenvalue weighted by Gasteiger charge is -2.30. The van der Waals surface area contributed by atoms with Crippen molar-refractivity contribution in [1.82, 2.24) is 5.32 Å². The average molecular weight is 488 g/mol. The van der Waals surface area contributed by atoms with Gasteiger partial charge in [-0.3, -0.25) is 14.4 Å². The van der Waals surface area contributed by atoms with Gasteiger partial charge in [-0.1, -0.05) is 36.4 Å². The first-order valence-corrected chi connectivity index (χ1v) is 11.6. The number of nitrogens with one attached hydrogen (secondary N) is 1. The van der Waals surface area contributed by atoms with Crippen molar-refractivity contribution in [2.24, 2.45) is 0 Å². The van der Waals surface area contributed by atoms with Crippen LogP contribution in [0.3, 0.4) is 0 Å². The van der Waals surface area contributed by atoms with Crippen LogP contribution in [0.2, 0.25) is 0 Å². The highest BCUT2D eigenvalue weighted by molar-refractivity contribution is 6.29. The van der Waals surface area contributed by atoms with Crippen LogP contribution in [0.5, 0.6) is 0 Å². The number of carbonyl (C=O) groups excluding carboxylic acids is 5. The third kappa shape index (κ3) is 4.26. The summed E-state index contributed by atoms with van der Waals surface area (Å²) in [4.78, 5) is 64.7. The number of esters is 2. The van der Waals surface area contributed by atoms with Gasteiger partial charge in [0.25, 0.3) is 0 Å². The van der Waals surface area contributed by atoms with E-state index >= 15 is 0 Å². The van der Waals surface area contributed by atoms with Crippen molar-refractivity contribution in [1.29, 1.82) is 0 Å². The van der Waals surface area contributed by atoms with Crippen LogP contribution in [-0.2, 0) is 30.3 Å². The van der Waals surface area contributed by atoms with Crippen LogP contribution < -0.4 is 5.32 Å². The lowest BCUT2D eigenvalue weighted by Crippen LogP contribution is -2.62. The molecule has 3 aromatic carbocycles. The van der Waals surface area contributed by atoms with E-state index < -0.39 is 23.4 Å². The van der Waals surface area contributed by atoms with Gasteiger partial charge in [0.15, 0.2) is 11.6 Å². The van der Waals surface area contributed by atoms with E-state index in [1.54, 1.807) is 32.0 Å². The van der Waals surface area contributed by atoms with Crippen LogP contribution >= 0.6 is 0 Å². The Bertz CT molecular complexity index is 1400. The average Bonchev–Trinajstić information content (AvgIpc) is 2.86. The number of hydrogen-bond acceptors (Lipinski definition) is 7. The molecule has 0 fully saturated rings. The van der Waals surface area contributed by atoms with Gasteiger partial charge in [0.05, 0.1) is 13.2 Å². The predicted molar refractivity (Wildman–Crippen MR) is 131 cm³/mol. The fraction of sp³-hybridized carbons (Fsp3) is 0.250. The van der Waals surface area contributed by atoms with Gasteiger partial charge in [0.1, 0.15) is 0 Å².